The van der Waals surface area contributed by atoms with Gasteiger partial charge in [0, 0.05) is 19.3 Å². The zero-order chi connectivity index (χ0) is 47.9. The Morgan fingerprint density at radius 2 is 0.591 bits per heavy atom. The van der Waals surface area contributed by atoms with Crippen LogP contribution >= 0.6 is 0 Å². The van der Waals surface area contributed by atoms with Gasteiger partial charge in [-0.1, -0.05) is 234 Å². The molecule has 0 aromatic heterocycles. The molecule has 66 heavy (non-hydrogen) atoms. The number of carbonyl (C=O) groups is 3. The second-order valence-electron chi connectivity index (χ2n) is 18.1. The van der Waals surface area contributed by atoms with E-state index in [-0.39, 0.29) is 31.1 Å². The number of esters is 3. The van der Waals surface area contributed by atoms with E-state index < -0.39 is 6.10 Å². The minimum absolute atomic E-state index is 0.0949. The Bertz CT molecular complexity index is 1290. The van der Waals surface area contributed by atoms with E-state index >= 15 is 0 Å². The summed E-state index contributed by atoms with van der Waals surface area (Å²) in [5, 5.41) is 0. The number of rotatable bonds is 49. The van der Waals surface area contributed by atoms with Crippen LogP contribution < -0.4 is 0 Å². The first-order valence-electron chi connectivity index (χ1n) is 27.6. The van der Waals surface area contributed by atoms with Gasteiger partial charge in [-0.2, -0.15) is 0 Å². The normalized spacial score (nSPS) is 12.7. The van der Waals surface area contributed by atoms with Gasteiger partial charge in [0.2, 0.25) is 0 Å². The maximum absolute atomic E-state index is 12.8. The molecule has 0 amide bonds. The number of unbranched alkanes of at least 4 members (excludes halogenated alkanes) is 24. The number of carbonyl (C=O) groups excluding carboxylic acids is 3. The van der Waals surface area contributed by atoms with E-state index in [4.69, 9.17) is 14.2 Å². The van der Waals surface area contributed by atoms with Crippen LogP contribution in [0.4, 0.5) is 0 Å². The maximum Gasteiger partial charge on any atom is 0.306 e. The summed E-state index contributed by atoms with van der Waals surface area (Å²) in [7, 11) is 0. The van der Waals surface area contributed by atoms with E-state index in [9.17, 15) is 14.4 Å². The van der Waals surface area contributed by atoms with Gasteiger partial charge in [0.15, 0.2) is 6.10 Å². The maximum atomic E-state index is 12.8. The third kappa shape index (κ3) is 51.6. The standard InChI is InChI=1S/C60H102O6/c1-4-7-10-13-16-19-22-25-27-29-30-32-33-35-38-41-44-47-50-53-59(62)65-56-57(55-64-58(61)52-49-46-43-40-37-24-21-18-15-12-9-6-3)66-60(63)54-51-48-45-42-39-36-34-31-28-26-23-20-17-14-11-8-5-2/h7,9-10,12,16,18-19,21,25,27,30,32,37,40,57H,4-6,8,11,13-15,17,20,22-24,26,28-29,31,33-36,38-39,41-56H2,1-3H3/b10-7-,12-9-,19-16-,21-18-,27-25-,32-30-,40-37-. The van der Waals surface area contributed by atoms with Crippen molar-refractivity contribution in [3.05, 3.63) is 85.1 Å². The molecule has 6 heteroatoms. The van der Waals surface area contributed by atoms with Crippen LogP contribution in [0.3, 0.4) is 0 Å². The van der Waals surface area contributed by atoms with Crippen molar-refractivity contribution in [2.24, 2.45) is 0 Å². The average Bonchev–Trinajstić information content (AvgIpc) is 3.31. The lowest BCUT2D eigenvalue weighted by molar-refractivity contribution is -0.167. The number of ether oxygens (including phenoxy) is 3. The molecule has 0 aromatic carbocycles. The number of hydrogen-bond donors (Lipinski definition) is 0. The first-order chi connectivity index (χ1) is 32.5. The van der Waals surface area contributed by atoms with Crippen LogP contribution in [-0.4, -0.2) is 37.2 Å². The largest absolute Gasteiger partial charge is 0.462 e. The molecule has 0 saturated carbocycles. The first kappa shape index (κ1) is 62.6. The number of hydrogen-bond acceptors (Lipinski definition) is 6. The molecule has 0 bridgehead atoms. The third-order valence-corrected chi connectivity index (χ3v) is 11.6. The highest BCUT2D eigenvalue weighted by atomic mass is 16.6. The lowest BCUT2D eigenvalue weighted by atomic mass is 10.0. The fourth-order valence-corrected chi connectivity index (χ4v) is 7.57. The third-order valence-electron chi connectivity index (χ3n) is 11.6. The van der Waals surface area contributed by atoms with Gasteiger partial charge >= 0.3 is 17.9 Å². The molecule has 6 nitrogen and oxygen atoms in total. The summed E-state index contributed by atoms with van der Waals surface area (Å²) in [4.78, 5) is 38.1. The molecule has 1 unspecified atom stereocenters. The smallest absolute Gasteiger partial charge is 0.306 e. The minimum atomic E-state index is -0.796. The van der Waals surface area contributed by atoms with Crippen molar-refractivity contribution < 1.29 is 28.6 Å². The van der Waals surface area contributed by atoms with E-state index in [2.05, 4.69) is 106 Å². The second kappa shape index (κ2) is 54.2. The van der Waals surface area contributed by atoms with Gasteiger partial charge in [-0.05, 0) is 89.9 Å². The Balaban J connectivity index is 4.40. The van der Waals surface area contributed by atoms with Crippen molar-refractivity contribution in [2.45, 2.75) is 264 Å². The average molecular weight is 919 g/mol. The van der Waals surface area contributed by atoms with Crippen LogP contribution in [0.1, 0.15) is 258 Å². The molecule has 0 aliphatic heterocycles. The Morgan fingerprint density at radius 3 is 0.955 bits per heavy atom. The van der Waals surface area contributed by atoms with Gasteiger partial charge in [0.1, 0.15) is 13.2 Å². The van der Waals surface area contributed by atoms with E-state index in [1.165, 1.54) is 103 Å². The van der Waals surface area contributed by atoms with Crippen molar-refractivity contribution in [3.63, 3.8) is 0 Å². The molecule has 0 aliphatic rings. The molecule has 0 aromatic rings. The summed E-state index contributed by atoms with van der Waals surface area (Å²) in [5.74, 6) is -0.943. The Morgan fingerprint density at radius 1 is 0.318 bits per heavy atom. The lowest BCUT2D eigenvalue weighted by Crippen LogP contribution is -2.30. The van der Waals surface area contributed by atoms with E-state index in [1.54, 1.807) is 0 Å². The van der Waals surface area contributed by atoms with Crippen molar-refractivity contribution in [2.75, 3.05) is 13.2 Å². The van der Waals surface area contributed by atoms with Crippen molar-refractivity contribution >= 4 is 17.9 Å². The van der Waals surface area contributed by atoms with Crippen LogP contribution in [-0.2, 0) is 28.6 Å². The highest BCUT2D eigenvalue weighted by Gasteiger charge is 2.19. The molecule has 0 heterocycles. The monoisotopic (exact) mass is 919 g/mol. The summed E-state index contributed by atoms with van der Waals surface area (Å²) < 4.78 is 16.8. The van der Waals surface area contributed by atoms with Crippen LogP contribution in [0.15, 0.2) is 85.1 Å². The van der Waals surface area contributed by atoms with Gasteiger partial charge in [-0.15, -0.1) is 0 Å². The van der Waals surface area contributed by atoms with Crippen molar-refractivity contribution in [3.8, 4) is 0 Å². The SMILES string of the molecule is CC/C=C\C/C=C\C/C=C\C/C=C\CCCCCCCCC(=O)OCC(COC(=O)CCCC/C=C\C/C=C\C/C=C\CC)OC(=O)CCCCCCCCCCCCCCCCCCC. The highest BCUT2D eigenvalue weighted by Crippen LogP contribution is 2.16. The van der Waals surface area contributed by atoms with Gasteiger partial charge in [-0.25, -0.2) is 0 Å². The molecule has 1 atom stereocenters. The van der Waals surface area contributed by atoms with Gasteiger partial charge in [0.25, 0.3) is 0 Å². The fraction of sp³-hybridized carbons (Fsp3) is 0.717. The molecule has 0 rings (SSSR count). The summed E-state index contributed by atoms with van der Waals surface area (Å²) in [6.07, 6.45) is 70.0. The van der Waals surface area contributed by atoms with Gasteiger partial charge in [-0.3, -0.25) is 14.4 Å². The molecule has 0 fully saturated rings. The zero-order valence-electron chi connectivity index (χ0n) is 43.2. The highest BCUT2D eigenvalue weighted by molar-refractivity contribution is 5.71. The summed E-state index contributed by atoms with van der Waals surface area (Å²) >= 11 is 0. The molecule has 0 spiro atoms. The quantitative estimate of drug-likeness (QED) is 0.0262. The fourth-order valence-electron chi connectivity index (χ4n) is 7.57. The summed E-state index contributed by atoms with van der Waals surface area (Å²) in [5.41, 5.74) is 0. The second-order valence-corrected chi connectivity index (χ2v) is 18.1. The lowest BCUT2D eigenvalue weighted by Gasteiger charge is -2.18. The zero-order valence-corrected chi connectivity index (χ0v) is 43.2. The summed E-state index contributed by atoms with van der Waals surface area (Å²) in [6.45, 7) is 6.38. The van der Waals surface area contributed by atoms with Crippen LogP contribution in [0.5, 0.6) is 0 Å². The molecule has 0 aliphatic carbocycles. The predicted octanol–water partition coefficient (Wildman–Crippen LogP) is 18.4. The van der Waals surface area contributed by atoms with Gasteiger partial charge in [0.05, 0.1) is 0 Å². The number of allylic oxidation sites excluding steroid dienone is 14. The molecular formula is C60H102O6. The van der Waals surface area contributed by atoms with Crippen molar-refractivity contribution in [1.82, 2.24) is 0 Å². The van der Waals surface area contributed by atoms with E-state index in [0.717, 1.165) is 116 Å². The van der Waals surface area contributed by atoms with Crippen LogP contribution in [0.2, 0.25) is 0 Å². The molecule has 0 N–H and O–H groups in total. The molecule has 378 valence electrons. The van der Waals surface area contributed by atoms with Crippen molar-refractivity contribution in [1.29, 1.82) is 0 Å². The first-order valence-corrected chi connectivity index (χ1v) is 27.6. The summed E-state index contributed by atoms with van der Waals surface area (Å²) in [6, 6.07) is 0. The van der Waals surface area contributed by atoms with Gasteiger partial charge < -0.3 is 14.2 Å². The van der Waals surface area contributed by atoms with E-state index in [0.29, 0.717) is 19.3 Å². The predicted molar refractivity (Wildman–Crippen MR) is 284 cm³/mol. The van der Waals surface area contributed by atoms with E-state index in [1.807, 2.05) is 0 Å². The topological polar surface area (TPSA) is 78.9 Å². The Kier molecular flexibility index (Phi) is 51.4. The Labute approximate surface area is 407 Å². The molecular weight excluding hydrogens is 817 g/mol. The molecule has 0 saturated heterocycles. The van der Waals surface area contributed by atoms with Crippen LogP contribution in [0, 0.1) is 0 Å². The van der Waals surface area contributed by atoms with Crippen LogP contribution in [0.25, 0.3) is 0 Å². The minimum Gasteiger partial charge on any atom is -0.462 e. The molecule has 0 radical (unpaired) electrons. The Hall–Kier alpha value is -3.41.